The molecule has 10 heteroatoms. The van der Waals surface area contributed by atoms with Gasteiger partial charge in [-0.2, -0.15) is 9.83 Å². The number of aromatic nitrogens is 3. The number of amides is 2. The average Bonchev–Trinajstić information content (AvgIpc) is 3.26. The highest BCUT2D eigenvalue weighted by Crippen LogP contribution is 2.38. The fraction of sp³-hybridized carbons (Fsp3) is 0.385. The van der Waals surface area contributed by atoms with Gasteiger partial charge in [0.1, 0.15) is 11.7 Å². The molecule has 8 nitrogen and oxygen atoms in total. The number of halogens is 2. The van der Waals surface area contributed by atoms with Crippen LogP contribution in [0.3, 0.4) is 0 Å². The molecule has 1 fully saturated rings. The molecule has 2 heterocycles. The highest BCUT2D eigenvalue weighted by atomic mass is 19.3. The van der Waals surface area contributed by atoms with Crippen LogP contribution in [0.2, 0.25) is 0 Å². The van der Waals surface area contributed by atoms with Crippen molar-refractivity contribution in [1.29, 1.82) is 0 Å². The Balaban J connectivity index is 1.53. The normalized spacial score (nSPS) is 16.4. The quantitative estimate of drug-likeness (QED) is 0.398. The van der Waals surface area contributed by atoms with Crippen molar-refractivity contribution in [1.82, 2.24) is 15.1 Å². The molecule has 1 aliphatic carbocycles. The Bertz CT molecular complexity index is 1260. The second kappa shape index (κ2) is 10.0. The maximum Gasteiger partial charge on any atom is 0.270 e. The minimum atomic E-state index is -2.75. The van der Waals surface area contributed by atoms with Crippen molar-refractivity contribution >= 4 is 17.5 Å². The second-order valence-electron chi connectivity index (χ2n) is 9.39. The highest BCUT2D eigenvalue weighted by Gasteiger charge is 2.40. The topological polar surface area (TPSA) is 103 Å². The molecule has 1 aromatic carbocycles. The first kappa shape index (κ1) is 25.3. The zero-order chi connectivity index (χ0) is 26.0. The summed E-state index contributed by atoms with van der Waals surface area (Å²) in [5, 5.41) is 21.6. The summed E-state index contributed by atoms with van der Waals surface area (Å²) >= 11 is 0. The standard InChI is InChI=1S/C26H29F2N5O3/c1-16-14-21(17(2)33(36)15-16)18-4-6-20(7-5-18)30-25(35)23(19-8-11-26(27,28)12-9-19)31-24(34)22-10-13-29-32(22)3/h4-7,10,13-15,19,23H,8-9,11-12H2,1-3H3,(H,30,35)(H,31,34)/t23-/m1/s1. The smallest absolute Gasteiger partial charge is 0.270 e. The van der Waals surface area contributed by atoms with Crippen LogP contribution in [0.15, 0.2) is 48.8 Å². The third-order valence-electron chi connectivity index (χ3n) is 6.73. The second-order valence-corrected chi connectivity index (χ2v) is 9.39. The SMILES string of the molecule is Cc1cc(-c2ccc(NC(=O)[C@H](NC(=O)c3ccnn3C)C3CCC(F)(F)CC3)cc2)c(C)[n+]([O-])c1. The number of benzene rings is 1. The van der Waals surface area contributed by atoms with Crippen molar-refractivity contribution in [3.8, 4) is 11.1 Å². The van der Waals surface area contributed by atoms with Crippen molar-refractivity contribution in [2.75, 3.05) is 5.32 Å². The molecule has 2 amide bonds. The summed E-state index contributed by atoms with van der Waals surface area (Å²) in [5.74, 6) is -4.15. The Morgan fingerprint density at radius 3 is 2.44 bits per heavy atom. The van der Waals surface area contributed by atoms with Crippen molar-refractivity contribution < 1.29 is 23.1 Å². The Labute approximate surface area is 207 Å². The van der Waals surface area contributed by atoms with Gasteiger partial charge in [-0.1, -0.05) is 12.1 Å². The third kappa shape index (κ3) is 5.53. The first-order valence-corrected chi connectivity index (χ1v) is 11.8. The molecule has 0 aliphatic heterocycles. The Kier molecular flexibility index (Phi) is 7.05. The number of pyridine rings is 1. The molecule has 0 radical (unpaired) electrons. The van der Waals surface area contributed by atoms with E-state index in [2.05, 4.69) is 15.7 Å². The van der Waals surface area contributed by atoms with Crippen molar-refractivity contribution in [2.24, 2.45) is 13.0 Å². The molecule has 36 heavy (non-hydrogen) atoms. The zero-order valence-corrected chi connectivity index (χ0v) is 20.4. The van der Waals surface area contributed by atoms with E-state index in [1.54, 1.807) is 38.2 Å². The summed E-state index contributed by atoms with van der Waals surface area (Å²) in [5.41, 5.74) is 3.74. The molecule has 1 saturated carbocycles. The molecular formula is C26H29F2N5O3. The molecule has 190 valence electrons. The summed E-state index contributed by atoms with van der Waals surface area (Å²) in [7, 11) is 1.61. The molecule has 0 bridgehead atoms. The van der Waals surface area contributed by atoms with Gasteiger partial charge >= 0.3 is 0 Å². The largest absolute Gasteiger partial charge is 0.618 e. The van der Waals surface area contributed by atoms with Crippen LogP contribution in [0.25, 0.3) is 11.1 Å². The van der Waals surface area contributed by atoms with E-state index in [4.69, 9.17) is 0 Å². The van der Waals surface area contributed by atoms with Gasteiger partial charge in [0.25, 0.3) is 5.91 Å². The highest BCUT2D eigenvalue weighted by molar-refractivity contribution is 6.00. The number of hydrogen-bond acceptors (Lipinski definition) is 4. The monoisotopic (exact) mass is 497 g/mol. The van der Waals surface area contributed by atoms with E-state index >= 15 is 0 Å². The van der Waals surface area contributed by atoms with Crippen molar-refractivity contribution in [3.05, 3.63) is 71.0 Å². The summed E-state index contributed by atoms with van der Waals surface area (Å²) in [4.78, 5) is 26.1. The van der Waals surface area contributed by atoms with Gasteiger partial charge in [0.05, 0.1) is 5.56 Å². The Morgan fingerprint density at radius 1 is 1.17 bits per heavy atom. The van der Waals surface area contributed by atoms with E-state index in [9.17, 15) is 23.6 Å². The summed E-state index contributed by atoms with van der Waals surface area (Å²) in [6, 6.07) is 9.46. The number of nitrogens with zero attached hydrogens (tertiary/aromatic N) is 3. The number of aryl methyl sites for hydroxylation is 2. The maximum absolute atomic E-state index is 13.8. The van der Waals surface area contributed by atoms with Gasteiger partial charge in [0.2, 0.25) is 11.8 Å². The van der Waals surface area contributed by atoms with E-state index in [1.807, 2.05) is 13.0 Å². The maximum atomic E-state index is 13.8. The summed E-state index contributed by atoms with van der Waals surface area (Å²) < 4.78 is 29.7. The number of carbonyl (C=O) groups is 2. The third-order valence-corrected chi connectivity index (χ3v) is 6.73. The van der Waals surface area contributed by atoms with Crippen LogP contribution in [0.4, 0.5) is 14.5 Å². The van der Waals surface area contributed by atoms with Crippen LogP contribution >= 0.6 is 0 Å². The van der Waals surface area contributed by atoms with Crippen LogP contribution in [0, 0.1) is 25.0 Å². The van der Waals surface area contributed by atoms with Gasteiger partial charge in [0.15, 0.2) is 11.9 Å². The van der Waals surface area contributed by atoms with Gasteiger partial charge in [-0.05, 0) is 55.5 Å². The molecule has 0 unspecified atom stereocenters. The first-order chi connectivity index (χ1) is 17.0. The summed E-state index contributed by atoms with van der Waals surface area (Å²) in [6.45, 7) is 3.58. The number of anilines is 1. The Hall–Kier alpha value is -3.82. The predicted octanol–water partition coefficient (Wildman–Crippen LogP) is 3.90. The average molecular weight is 498 g/mol. The van der Waals surface area contributed by atoms with Gasteiger partial charge in [0, 0.05) is 44.3 Å². The predicted molar refractivity (Wildman–Crippen MR) is 130 cm³/mol. The molecule has 4 rings (SSSR count). The van der Waals surface area contributed by atoms with Gasteiger partial charge < -0.3 is 15.8 Å². The number of alkyl halides is 2. The minimum absolute atomic E-state index is 0.123. The van der Waals surface area contributed by atoms with Crippen molar-refractivity contribution in [3.63, 3.8) is 0 Å². The number of hydrogen-bond donors (Lipinski definition) is 2. The molecular weight excluding hydrogens is 468 g/mol. The number of rotatable bonds is 6. The van der Waals surface area contributed by atoms with E-state index in [1.165, 1.54) is 23.1 Å². The van der Waals surface area contributed by atoms with Crippen LogP contribution in [0.5, 0.6) is 0 Å². The van der Waals surface area contributed by atoms with Crippen LogP contribution in [-0.4, -0.2) is 33.6 Å². The fourth-order valence-corrected chi connectivity index (χ4v) is 4.62. The molecule has 0 saturated heterocycles. The van der Waals surface area contributed by atoms with E-state index in [0.717, 1.165) is 21.4 Å². The van der Waals surface area contributed by atoms with Crippen LogP contribution in [0.1, 0.15) is 47.4 Å². The van der Waals surface area contributed by atoms with Crippen molar-refractivity contribution in [2.45, 2.75) is 51.5 Å². The molecule has 3 aromatic rings. The van der Waals surface area contributed by atoms with Crippen LogP contribution < -0.4 is 15.4 Å². The molecule has 2 N–H and O–H groups in total. The zero-order valence-electron chi connectivity index (χ0n) is 20.4. The molecule has 1 aliphatic rings. The van der Waals surface area contributed by atoms with Gasteiger partial charge in [-0.3, -0.25) is 14.3 Å². The lowest BCUT2D eigenvalue weighted by Crippen LogP contribution is -2.50. The fourth-order valence-electron chi connectivity index (χ4n) is 4.62. The number of nitrogens with one attached hydrogen (secondary N) is 2. The lowest BCUT2D eigenvalue weighted by atomic mass is 9.81. The first-order valence-electron chi connectivity index (χ1n) is 11.8. The van der Waals surface area contributed by atoms with Gasteiger partial charge in [-0.25, -0.2) is 8.78 Å². The Morgan fingerprint density at radius 2 is 1.83 bits per heavy atom. The van der Waals surface area contributed by atoms with E-state index in [-0.39, 0.29) is 31.4 Å². The van der Waals surface area contributed by atoms with E-state index in [0.29, 0.717) is 11.4 Å². The minimum Gasteiger partial charge on any atom is -0.618 e. The lowest BCUT2D eigenvalue weighted by molar-refractivity contribution is -0.612. The molecule has 2 aromatic heterocycles. The molecule has 1 atom stereocenters. The van der Waals surface area contributed by atoms with Crippen LogP contribution in [-0.2, 0) is 11.8 Å². The van der Waals surface area contributed by atoms with Gasteiger partial charge in [-0.15, -0.1) is 0 Å². The van der Waals surface area contributed by atoms with E-state index < -0.39 is 29.7 Å². The molecule has 0 spiro atoms. The summed E-state index contributed by atoms with van der Waals surface area (Å²) in [6.07, 6.45) is 2.57. The number of carbonyl (C=O) groups excluding carboxylic acids is 2. The lowest BCUT2D eigenvalue weighted by Gasteiger charge is -2.33.